The normalized spacial score (nSPS) is 11.9. The second kappa shape index (κ2) is 8.04. The predicted molar refractivity (Wildman–Crippen MR) is 74.1 cm³/mol. The Kier molecular flexibility index (Phi) is 6.70. The zero-order valence-corrected chi connectivity index (χ0v) is 12.3. The van der Waals surface area contributed by atoms with Gasteiger partial charge in [0.05, 0.1) is 17.5 Å². The van der Waals surface area contributed by atoms with Gasteiger partial charge >= 0.3 is 5.97 Å². The number of aryl methyl sites for hydroxylation is 1. The van der Waals surface area contributed by atoms with Crippen LogP contribution in [-0.4, -0.2) is 24.2 Å². The topological polar surface area (TPSA) is 43.4 Å². The van der Waals surface area contributed by atoms with Gasteiger partial charge in [-0.15, -0.1) is 0 Å². The number of alkyl halides is 1. The van der Waals surface area contributed by atoms with Crippen molar-refractivity contribution in [3.8, 4) is 0 Å². The average Bonchev–Trinajstić information content (AvgIpc) is 2.42. The number of halogens is 2. The molecule has 1 aromatic rings. The zero-order chi connectivity index (χ0) is 14.3. The second-order valence-corrected chi connectivity index (χ2v) is 5.38. The molecule has 104 valence electrons. The van der Waals surface area contributed by atoms with Crippen molar-refractivity contribution in [2.75, 3.05) is 7.11 Å². The molecule has 1 unspecified atom stereocenters. The lowest BCUT2D eigenvalue weighted by molar-refractivity contribution is -0.107. The molecule has 0 heterocycles. The lowest BCUT2D eigenvalue weighted by atomic mass is 10.0. The first-order chi connectivity index (χ1) is 9.08. The van der Waals surface area contributed by atoms with Crippen LogP contribution >= 0.6 is 15.9 Å². The van der Waals surface area contributed by atoms with Crippen LogP contribution < -0.4 is 0 Å². The van der Waals surface area contributed by atoms with Gasteiger partial charge < -0.3 is 9.53 Å². The van der Waals surface area contributed by atoms with Gasteiger partial charge in [0.25, 0.3) is 0 Å². The fourth-order valence-corrected chi connectivity index (χ4v) is 2.05. The standard InChI is InChI=1S/C14H16BrFO3/c1-19-14(18)12-7-6-10(8-13(12)16)4-2-3-5-11(15)9-17/h6-9,11H,2-5H2,1H3. The molecule has 0 aromatic heterocycles. The van der Waals surface area contributed by atoms with Crippen molar-refractivity contribution in [1.82, 2.24) is 0 Å². The minimum absolute atomic E-state index is 0.0484. The average molecular weight is 331 g/mol. The van der Waals surface area contributed by atoms with Crippen LogP contribution in [0.15, 0.2) is 18.2 Å². The van der Waals surface area contributed by atoms with Gasteiger partial charge in [-0.1, -0.05) is 28.4 Å². The molecule has 0 aliphatic carbocycles. The van der Waals surface area contributed by atoms with Gasteiger partial charge in [-0.3, -0.25) is 0 Å². The van der Waals surface area contributed by atoms with E-state index in [1.54, 1.807) is 6.07 Å². The van der Waals surface area contributed by atoms with Gasteiger partial charge in [-0.25, -0.2) is 9.18 Å². The van der Waals surface area contributed by atoms with Crippen LogP contribution in [0.4, 0.5) is 4.39 Å². The van der Waals surface area contributed by atoms with Crippen molar-refractivity contribution in [2.24, 2.45) is 0 Å². The molecule has 0 aliphatic rings. The molecule has 0 spiro atoms. The summed E-state index contributed by atoms with van der Waals surface area (Å²) in [4.78, 5) is 21.5. The first-order valence-electron chi connectivity index (χ1n) is 6.04. The van der Waals surface area contributed by atoms with Crippen molar-refractivity contribution < 1.29 is 18.7 Å². The third-order valence-corrected chi connectivity index (χ3v) is 3.46. The highest BCUT2D eigenvalue weighted by atomic mass is 79.9. The van der Waals surface area contributed by atoms with Gasteiger partial charge in [0.2, 0.25) is 0 Å². The van der Waals surface area contributed by atoms with Gasteiger partial charge in [0, 0.05) is 0 Å². The highest BCUT2D eigenvalue weighted by Gasteiger charge is 2.12. The Bertz CT molecular complexity index is 448. The van der Waals surface area contributed by atoms with Gasteiger partial charge in [-0.2, -0.15) is 0 Å². The fraction of sp³-hybridized carbons (Fsp3) is 0.429. The van der Waals surface area contributed by atoms with Crippen molar-refractivity contribution in [1.29, 1.82) is 0 Å². The molecule has 19 heavy (non-hydrogen) atoms. The minimum Gasteiger partial charge on any atom is -0.465 e. The van der Waals surface area contributed by atoms with Crippen LogP contribution in [0.25, 0.3) is 0 Å². The predicted octanol–water partition coefficient (Wildman–Crippen LogP) is 3.29. The summed E-state index contributed by atoms with van der Waals surface area (Å²) in [6.45, 7) is 0. The van der Waals surface area contributed by atoms with Crippen LogP contribution in [0.1, 0.15) is 35.2 Å². The third kappa shape index (κ3) is 5.11. The van der Waals surface area contributed by atoms with E-state index in [4.69, 9.17) is 0 Å². The molecule has 0 N–H and O–H groups in total. The Morgan fingerprint density at radius 2 is 2.21 bits per heavy atom. The summed E-state index contributed by atoms with van der Waals surface area (Å²) in [5, 5.41) is 0. The van der Waals surface area contributed by atoms with Crippen molar-refractivity contribution in [3.05, 3.63) is 35.1 Å². The smallest absolute Gasteiger partial charge is 0.340 e. The first-order valence-corrected chi connectivity index (χ1v) is 6.96. The molecule has 3 nitrogen and oxygen atoms in total. The summed E-state index contributed by atoms with van der Waals surface area (Å²) in [5.41, 5.74) is 0.787. The molecule has 5 heteroatoms. The number of methoxy groups -OCH3 is 1. The Morgan fingerprint density at radius 1 is 1.47 bits per heavy atom. The molecule has 0 radical (unpaired) electrons. The van der Waals surface area contributed by atoms with Gasteiger partial charge in [0.15, 0.2) is 0 Å². The SMILES string of the molecule is COC(=O)c1ccc(CCCCC(Br)C=O)cc1F. The highest BCUT2D eigenvalue weighted by Crippen LogP contribution is 2.15. The molecule has 0 saturated heterocycles. The maximum Gasteiger partial charge on any atom is 0.340 e. The number of hydrogen-bond donors (Lipinski definition) is 0. The molecule has 1 atom stereocenters. The summed E-state index contributed by atoms with van der Waals surface area (Å²) in [7, 11) is 1.22. The van der Waals surface area contributed by atoms with Crippen LogP contribution in [-0.2, 0) is 16.0 Å². The fourth-order valence-electron chi connectivity index (χ4n) is 1.73. The molecule has 0 aliphatic heterocycles. The third-order valence-electron chi connectivity index (χ3n) is 2.78. The van der Waals surface area contributed by atoms with E-state index in [0.717, 1.165) is 37.5 Å². The Labute approximate surface area is 120 Å². The summed E-state index contributed by atoms with van der Waals surface area (Å²) < 4.78 is 18.1. The molecule has 0 bridgehead atoms. The first kappa shape index (κ1) is 15.8. The molecule has 0 fully saturated rings. The van der Waals surface area contributed by atoms with E-state index in [9.17, 15) is 14.0 Å². The van der Waals surface area contributed by atoms with E-state index in [2.05, 4.69) is 20.7 Å². The summed E-state index contributed by atoms with van der Waals surface area (Å²) >= 11 is 3.23. The number of unbranched alkanes of at least 4 members (excludes halogenated alkanes) is 1. The molecular weight excluding hydrogens is 315 g/mol. The summed E-state index contributed by atoms with van der Waals surface area (Å²) in [6.07, 6.45) is 4.11. The second-order valence-electron chi connectivity index (χ2n) is 4.20. The van der Waals surface area contributed by atoms with E-state index < -0.39 is 11.8 Å². The summed E-state index contributed by atoms with van der Waals surface area (Å²) in [5.74, 6) is -1.23. The Morgan fingerprint density at radius 3 is 2.79 bits per heavy atom. The highest BCUT2D eigenvalue weighted by molar-refractivity contribution is 9.09. The van der Waals surface area contributed by atoms with Gasteiger partial charge in [0.1, 0.15) is 12.1 Å². The molecule has 1 aromatic carbocycles. The number of hydrogen-bond acceptors (Lipinski definition) is 3. The van der Waals surface area contributed by atoms with E-state index in [1.807, 2.05) is 0 Å². The van der Waals surface area contributed by atoms with Crippen LogP contribution in [0.5, 0.6) is 0 Å². The molecule has 0 amide bonds. The lowest BCUT2D eigenvalue weighted by Crippen LogP contribution is -2.05. The number of esters is 1. The number of carbonyl (C=O) groups is 2. The van der Waals surface area contributed by atoms with E-state index in [1.165, 1.54) is 19.2 Å². The maximum atomic E-state index is 13.6. The number of aldehydes is 1. The molecule has 0 saturated carbocycles. The van der Waals surface area contributed by atoms with Crippen LogP contribution in [0, 0.1) is 5.82 Å². The maximum absolute atomic E-state index is 13.6. The number of rotatable bonds is 7. The van der Waals surface area contributed by atoms with Crippen molar-refractivity contribution in [2.45, 2.75) is 30.5 Å². The Hall–Kier alpha value is -1.23. The van der Waals surface area contributed by atoms with E-state index in [0.29, 0.717) is 0 Å². The number of carbonyl (C=O) groups excluding carboxylic acids is 2. The largest absolute Gasteiger partial charge is 0.465 e. The monoisotopic (exact) mass is 330 g/mol. The van der Waals surface area contributed by atoms with Crippen molar-refractivity contribution >= 4 is 28.2 Å². The minimum atomic E-state index is -0.669. The number of benzene rings is 1. The quantitative estimate of drug-likeness (QED) is 0.333. The van der Waals surface area contributed by atoms with Gasteiger partial charge in [-0.05, 0) is 37.0 Å². The van der Waals surface area contributed by atoms with E-state index >= 15 is 0 Å². The van der Waals surface area contributed by atoms with Crippen LogP contribution in [0.3, 0.4) is 0 Å². The number of ether oxygens (including phenoxy) is 1. The van der Waals surface area contributed by atoms with E-state index in [-0.39, 0.29) is 10.4 Å². The molecule has 1 rings (SSSR count). The lowest BCUT2D eigenvalue weighted by Gasteiger charge is -2.05. The molecular formula is C14H16BrFO3. The summed E-state index contributed by atoms with van der Waals surface area (Å²) in [6, 6.07) is 4.52. The van der Waals surface area contributed by atoms with Crippen LogP contribution in [0.2, 0.25) is 0 Å². The van der Waals surface area contributed by atoms with Crippen molar-refractivity contribution in [3.63, 3.8) is 0 Å². The Balaban J connectivity index is 2.50. The zero-order valence-electron chi connectivity index (χ0n) is 10.7.